The summed E-state index contributed by atoms with van der Waals surface area (Å²) in [4.78, 5) is 18.0. The van der Waals surface area contributed by atoms with Crippen LogP contribution in [0.5, 0.6) is 0 Å². The number of nitrogens with zero attached hydrogens (tertiary/aromatic N) is 3. The summed E-state index contributed by atoms with van der Waals surface area (Å²) >= 11 is 0. The third-order valence-electron chi connectivity index (χ3n) is 2.98. The molecule has 1 amide bonds. The van der Waals surface area contributed by atoms with Crippen molar-refractivity contribution in [2.24, 2.45) is 0 Å². The molecule has 0 N–H and O–H groups in total. The maximum absolute atomic E-state index is 12.0. The molecule has 6 nitrogen and oxygen atoms in total. The minimum absolute atomic E-state index is 0.138. The van der Waals surface area contributed by atoms with Gasteiger partial charge in [0.15, 0.2) is 5.82 Å². The number of ether oxygens (including phenoxy) is 1. The third kappa shape index (κ3) is 3.68. The minimum Gasteiger partial charge on any atom is -0.444 e. The van der Waals surface area contributed by atoms with Crippen LogP contribution in [-0.2, 0) is 4.74 Å². The zero-order valence-electron chi connectivity index (χ0n) is 12.0. The van der Waals surface area contributed by atoms with Gasteiger partial charge in [0.2, 0.25) is 5.89 Å². The number of amides is 1. The fourth-order valence-electron chi connectivity index (χ4n) is 2.16. The number of piperidine rings is 1. The molecule has 1 aromatic rings. The first-order valence-corrected chi connectivity index (χ1v) is 6.63. The smallest absolute Gasteiger partial charge is 0.410 e. The van der Waals surface area contributed by atoms with E-state index in [4.69, 9.17) is 9.26 Å². The molecule has 1 aliphatic heterocycles. The highest BCUT2D eigenvalue weighted by Crippen LogP contribution is 2.25. The Morgan fingerprint density at radius 2 is 2.21 bits per heavy atom. The van der Waals surface area contributed by atoms with Crippen molar-refractivity contribution in [1.82, 2.24) is 15.0 Å². The predicted octanol–water partition coefficient (Wildman–Crippen LogP) is 2.49. The second-order valence-corrected chi connectivity index (χ2v) is 5.94. The molecule has 19 heavy (non-hydrogen) atoms. The van der Waals surface area contributed by atoms with Crippen LogP contribution in [0, 0.1) is 6.92 Å². The van der Waals surface area contributed by atoms with Gasteiger partial charge in [-0.25, -0.2) is 4.79 Å². The Labute approximate surface area is 113 Å². The van der Waals surface area contributed by atoms with E-state index < -0.39 is 5.60 Å². The Morgan fingerprint density at radius 3 is 2.79 bits per heavy atom. The molecule has 1 aromatic heterocycles. The van der Waals surface area contributed by atoms with Crippen LogP contribution >= 0.6 is 0 Å². The normalized spacial score (nSPS) is 20.4. The van der Waals surface area contributed by atoms with Gasteiger partial charge in [-0.1, -0.05) is 5.16 Å². The maximum atomic E-state index is 12.0. The van der Waals surface area contributed by atoms with Crippen molar-refractivity contribution in [3.63, 3.8) is 0 Å². The van der Waals surface area contributed by atoms with E-state index in [1.54, 1.807) is 11.8 Å². The standard InChI is InChI=1S/C13H21N3O3/c1-9-14-11(15-19-9)10-6-5-7-16(8-10)12(17)18-13(2,3)4/h10H,5-8H2,1-4H3. The largest absolute Gasteiger partial charge is 0.444 e. The van der Waals surface area contributed by atoms with Gasteiger partial charge in [0.25, 0.3) is 0 Å². The molecular formula is C13H21N3O3. The molecule has 0 spiro atoms. The average molecular weight is 267 g/mol. The van der Waals surface area contributed by atoms with Gasteiger partial charge in [-0.3, -0.25) is 0 Å². The lowest BCUT2D eigenvalue weighted by Gasteiger charge is -2.32. The van der Waals surface area contributed by atoms with Gasteiger partial charge in [-0.05, 0) is 33.6 Å². The molecule has 2 heterocycles. The Kier molecular flexibility index (Phi) is 3.78. The summed E-state index contributed by atoms with van der Waals surface area (Å²) in [5.74, 6) is 1.38. The van der Waals surface area contributed by atoms with Gasteiger partial charge in [-0.2, -0.15) is 4.98 Å². The van der Waals surface area contributed by atoms with Gasteiger partial charge in [0.1, 0.15) is 5.60 Å². The van der Waals surface area contributed by atoms with Gasteiger partial charge in [0.05, 0.1) is 0 Å². The van der Waals surface area contributed by atoms with Gasteiger partial charge in [-0.15, -0.1) is 0 Å². The van der Waals surface area contributed by atoms with Crippen molar-refractivity contribution in [2.45, 2.75) is 52.1 Å². The fourth-order valence-corrected chi connectivity index (χ4v) is 2.16. The molecule has 1 aliphatic rings. The van der Waals surface area contributed by atoms with E-state index in [1.165, 1.54) is 0 Å². The summed E-state index contributed by atoms with van der Waals surface area (Å²) in [7, 11) is 0. The van der Waals surface area contributed by atoms with Crippen LogP contribution in [0.25, 0.3) is 0 Å². The van der Waals surface area contributed by atoms with Crippen molar-refractivity contribution < 1.29 is 14.1 Å². The number of hydrogen-bond donors (Lipinski definition) is 0. The second kappa shape index (κ2) is 5.19. The van der Waals surface area contributed by atoms with Crippen LogP contribution in [0.15, 0.2) is 4.52 Å². The average Bonchev–Trinajstić information content (AvgIpc) is 2.74. The van der Waals surface area contributed by atoms with Crippen molar-refractivity contribution in [2.75, 3.05) is 13.1 Å². The Hall–Kier alpha value is -1.59. The summed E-state index contributed by atoms with van der Waals surface area (Å²) < 4.78 is 10.4. The molecule has 0 aliphatic carbocycles. The number of carbonyl (C=O) groups is 1. The lowest BCUT2D eigenvalue weighted by Crippen LogP contribution is -2.42. The first kappa shape index (κ1) is 13.8. The second-order valence-electron chi connectivity index (χ2n) is 5.94. The van der Waals surface area contributed by atoms with E-state index >= 15 is 0 Å². The van der Waals surface area contributed by atoms with E-state index in [1.807, 2.05) is 20.8 Å². The molecule has 0 aromatic carbocycles. The Bertz CT molecular complexity index is 450. The van der Waals surface area contributed by atoms with E-state index in [9.17, 15) is 4.79 Å². The van der Waals surface area contributed by atoms with E-state index in [-0.39, 0.29) is 12.0 Å². The summed E-state index contributed by atoms with van der Waals surface area (Å²) in [6.07, 6.45) is 1.63. The summed E-state index contributed by atoms with van der Waals surface area (Å²) in [6, 6.07) is 0. The van der Waals surface area contributed by atoms with Crippen LogP contribution in [0.1, 0.15) is 51.2 Å². The van der Waals surface area contributed by atoms with E-state index in [2.05, 4.69) is 10.1 Å². The van der Waals surface area contributed by atoms with Crippen LogP contribution < -0.4 is 0 Å². The predicted molar refractivity (Wildman–Crippen MR) is 68.8 cm³/mol. The van der Waals surface area contributed by atoms with E-state index in [0.29, 0.717) is 18.3 Å². The molecule has 1 atom stereocenters. The van der Waals surface area contributed by atoms with Gasteiger partial charge < -0.3 is 14.2 Å². The molecule has 1 saturated heterocycles. The lowest BCUT2D eigenvalue weighted by molar-refractivity contribution is 0.0195. The highest BCUT2D eigenvalue weighted by Gasteiger charge is 2.30. The molecule has 2 rings (SSSR count). The molecular weight excluding hydrogens is 246 g/mol. The monoisotopic (exact) mass is 267 g/mol. The zero-order chi connectivity index (χ0) is 14.0. The molecule has 0 saturated carbocycles. The number of aryl methyl sites for hydroxylation is 1. The molecule has 0 bridgehead atoms. The van der Waals surface area contributed by atoms with Crippen LogP contribution in [0.4, 0.5) is 4.79 Å². The highest BCUT2D eigenvalue weighted by atomic mass is 16.6. The van der Waals surface area contributed by atoms with Crippen molar-refractivity contribution in [1.29, 1.82) is 0 Å². The number of aromatic nitrogens is 2. The molecule has 0 radical (unpaired) electrons. The fraction of sp³-hybridized carbons (Fsp3) is 0.769. The van der Waals surface area contributed by atoms with Crippen molar-refractivity contribution in [3.05, 3.63) is 11.7 Å². The van der Waals surface area contributed by atoms with Crippen LogP contribution in [-0.4, -0.2) is 39.8 Å². The maximum Gasteiger partial charge on any atom is 0.410 e. The Balaban J connectivity index is 1.99. The number of hydrogen-bond acceptors (Lipinski definition) is 5. The Morgan fingerprint density at radius 1 is 1.47 bits per heavy atom. The number of likely N-dealkylation sites (tertiary alicyclic amines) is 1. The number of rotatable bonds is 1. The zero-order valence-corrected chi connectivity index (χ0v) is 12.0. The summed E-state index contributed by atoms with van der Waals surface area (Å²) in [5.41, 5.74) is -0.466. The van der Waals surface area contributed by atoms with Crippen molar-refractivity contribution in [3.8, 4) is 0 Å². The first-order valence-electron chi connectivity index (χ1n) is 6.63. The summed E-state index contributed by atoms with van der Waals surface area (Å²) in [5, 5.41) is 3.94. The SMILES string of the molecule is Cc1nc(C2CCCN(C(=O)OC(C)(C)C)C2)no1. The highest BCUT2D eigenvalue weighted by molar-refractivity contribution is 5.68. The summed E-state index contributed by atoms with van der Waals surface area (Å²) in [6.45, 7) is 8.69. The van der Waals surface area contributed by atoms with Gasteiger partial charge >= 0.3 is 6.09 Å². The number of carbonyl (C=O) groups excluding carboxylic acids is 1. The first-order chi connectivity index (χ1) is 8.85. The molecule has 106 valence electrons. The lowest BCUT2D eigenvalue weighted by atomic mass is 9.98. The minimum atomic E-state index is -0.466. The van der Waals surface area contributed by atoms with Crippen LogP contribution in [0.2, 0.25) is 0 Å². The third-order valence-corrected chi connectivity index (χ3v) is 2.98. The molecule has 6 heteroatoms. The quantitative estimate of drug-likeness (QED) is 0.782. The molecule has 1 unspecified atom stereocenters. The van der Waals surface area contributed by atoms with Gasteiger partial charge in [0, 0.05) is 25.9 Å². The topological polar surface area (TPSA) is 68.5 Å². The van der Waals surface area contributed by atoms with Crippen molar-refractivity contribution >= 4 is 6.09 Å². The molecule has 1 fully saturated rings. The van der Waals surface area contributed by atoms with Crippen LogP contribution in [0.3, 0.4) is 0 Å². The van der Waals surface area contributed by atoms with E-state index in [0.717, 1.165) is 19.4 Å².